The van der Waals surface area contributed by atoms with Crippen molar-refractivity contribution in [2.75, 3.05) is 35.4 Å². The SMILES string of the molecule is C=C1NCc2c(c3c(N)ncnc3n2C(C)C)-c2cc(C)nn21.CC(C)n1c2c(c3c(N)ncnc31)-c1c(Cl)c3ccc(C(=O)NC4CC4)cc3n1CCC2.CC(C)n1c2c(c3c(N)ncnc31)-c1cc3ccc(C(=O)Nc4ccn(C)n4)cc3n1CCC2.CONC(=O)c1ccc2cc3n(c2c1)CCCc1c-3c2c(N)ncnc2n1C(C)C. The maximum Gasteiger partial charge on any atom is 0.274 e. The topological polar surface area (TPSA) is 386 Å². The molecule has 0 bridgehead atoms. The van der Waals surface area contributed by atoms with Gasteiger partial charge in [0, 0.05) is 158 Å². The number of nitrogens with one attached hydrogen (secondary N) is 4. The highest BCUT2D eigenvalue weighted by Crippen LogP contribution is 2.50. The Morgan fingerprint density at radius 2 is 0.958 bits per heavy atom. The Balaban J connectivity index is 0.000000110. The van der Waals surface area contributed by atoms with Crippen LogP contribution in [0.4, 0.5) is 29.1 Å². The summed E-state index contributed by atoms with van der Waals surface area (Å²) >= 11 is 7.03. The van der Waals surface area contributed by atoms with Crippen LogP contribution in [-0.2, 0) is 57.3 Å². The van der Waals surface area contributed by atoms with Crippen LogP contribution in [0.5, 0.6) is 0 Å². The molecule has 4 aliphatic heterocycles. The molecule has 5 aliphatic rings. The Hall–Kier alpha value is -13.4. The molecule has 3 amide bonds. The highest BCUT2D eigenvalue weighted by atomic mass is 35.5. The van der Waals surface area contributed by atoms with E-state index in [0.717, 1.165) is 210 Å². The van der Waals surface area contributed by atoms with Gasteiger partial charge in [-0.05, 0) is 168 Å². The second-order valence-electron chi connectivity index (χ2n) is 32.3. The van der Waals surface area contributed by atoms with Crippen molar-refractivity contribution in [3.8, 4) is 45.0 Å². The lowest BCUT2D eigenvalue weighted by atomic mass is 10.1. The van der Waals surface area contributed by atoms with Crippen LogP contribution in [0.15, 0.2) is 117 Å². The van der Waals surface area contributed by atoms with Crippen LogP contribution >= 0.6 is 11.6 Å². The number of amides is 3. The third-order valence-corrected chi connectivity index (χ3v) is 23.7. The summed E-state index contributed by atoms with van der Waals surface area (Å²) in [6.45, 7) is 26.5. The monoisotopic (exact) mass is 1620 g/mol. The first-order valence-electron chi connectivity index (χ1n) is 40.4. The fraction of sp³-hybridized carbons (Fsp3) is 0.322. The molecule has 17 heterocycles. The van der Waals surface area contributed by atoms with Gasteiger partial charge in [0.05, 0.1) is 74.2 Å². The smallest absolute Gasteiger partial charge is 0.274 e. The molecule has 1 saturated carbocycles. The second-order valence-corrected chi connectivity index (χ2v) is 32.7. The lowest BCUT2D eigenvalue weighted by molar-refractivity contribution is 0.0537. The highest BCUT2D eigenvalue weighted by Gasteiger charge is 2.36. The summed E-state index contributed by atoms with van der Waals surface area (Å²) in [5, 5.41) is 25.4. The number of aryl methyl sites for hydroxylation is 5. The predicted octanol–water partition coefficient (Wildman–Crippen LogP) is 14.6. The quantitative estimate of drug-likeness (QED) is 0.0590. The fourth-order valence-corrected chi connectivity index (χ4v) is 18.7. The molecule has 21 rings (SSSR count). The van der Waals surface area contributed by atoms with Crippen LogP contribution in [0.3, 0.4) is 0 Å². The molecule has 119 heavy (non-hydrogen) atoms. The van der Waals surface area contributed by atoms with Crippen LogP contribution in [0.25, 0.3) is 128 Å². The number of aromatic nitrogens is 19. The van der Waals surface area contributed by atoms with E-state index in [1.807, 2.05) is 79.3 Å². The number of nitrogens with two attached hydrogens (primary N) is 4. The lowest BCUT2D eigenvalue weighted by Gasteiger charge is -2.14. The molecular formula is C87H94ClN27O4. The van der Waals surface area contributed by atoms with Crippen LogP contribution in [0, 0.1) is 6.92 Å². The van der Waals surface area contributed by atoms with Crippen LogP contribution in [-0.4, -0.2) is 122 Å². The Bertz CT molecular complexity index is 6860. The number of nitrogens with zero attached hydrogens (tertiary/aromatic N) is 19. The number of benzene rings is 3. The van der Waals surface area contributed by atoms with Gasteiger partial charge in [0.15, 0.2) is 5.82 Å². The van der Waals surface area contributed by atoms with Gasteiger partial charge < -0.3 is 70.9 Å². The largest absolute Gasteiger partial charge is 0.383 e. The zero-order chi connectivity index (χ0) is 83.0. The Kier molecular flexibility index (Phi) is 19.3. The van der Waals surface area contributed by atoms with E-state index in [1.165, 1.54) is 49.5 Å². The van der Waals surface area contributed by atoms with Crippen molar-refractivity contribution in [1.29, 1.82) is 0 Å². The van der Waals surface area contributed by atoms with Gasteiger partial charge in [-0.25, -0.2) is 50.0 Å². The average Bonchev–Trinajstić information content (AvgIpc) is 1.57. The minimum atomic E-state index is -0.265. The maximum atomic E-state index is 12.9. The third kappa shape index (κ3) is 12.9. The number of hydroxylamine groups is 1. The molecule has 0 saturated heterocycles. The Morgan fingerprint density at radius 3 is 1.43 bits per heavy atom. The average molecular weight is 1620 g/mol. The van der Waals surface area contributed by atoms with E-state index < -0.39 is 0 Å². The third-order valence-electron chi connectivity index (χ3n) is 23.3. The molecule has 0 radical (unpaired) electrons. The van der Waals surface area contributed by atoms with Gasteiger partial charge in [-0.3, -0.25) is 23.9 Å². The molecule has 12 N–H and O–H groups in total. The molecule has 608 valence electrons. The highest BCUT2D eigenvalue weighted by molar-refractivity contribution is 6.39. The molecule has 3 aromatic carbocycles. The van der Waals surface area contributed by atoms with Crippen LogP contribution < -0.4 is 44.4 Å². The van der Waals surface area contributed by atoms with Crippen LogP contribution in [0.1, 0.15) is 171 Å². The lowest BCUT2D eigenvalue weighted by Crippen LogP contribution is -2.25. The standard InChI is InChI=1S/C25H26N8O.C24H25ClN6O.C22H24N6O2.C16H19N7/c1-14(2)33-17-5-4-9-32-18-12-16(25(34)29-20-8-10-31(3)30-20)7-6-15(18)11-19(32)21(17)22-23(26)27-13-28-24(22)33;1-12(2)31-16-4-3-9-30-17-10-13(24(32)29-14-6-7-14)5-8-15(17)20(25)21(30)18(16)19-22(26)27-11-28-23(19)31;1-12(2)28-15-5-4-8-27-16-10-14(22(29)26-30-3)7-6-13(16)9-17(27)18(15)19-20(23)24-11-25-21(19)28;1-8(2)22-12-6-18-10(4)23-11(5-9(3)21-23)13(12)14-15(17)19-7-20-16(14)22/h6-8,10-14H,4-5,9H2,1-3H3,(H2,26,27,28)(H,29,30,34);5,8,10-12,14H,3-4,6-7,9H2,1-2H3,(H,29,32)(H2,26,27,28);6-7,9-12H,4-5,8H2,1-3H3,(H,26,29)(H2,23,24,25);5,7-8,18H,4,6H2,1-3H3,(H2,17,19,20). The maximum absolute atomic E-state index is 12.9. The van der Waals surface area contributed by atoms with Crippen molar-refractivity contribution in [1.82, 2.24) is 108 Å². The van der Waals surface area contributed by atoms with Crippen molar-refractivity contribution in [2.24, 2.45) is 7.05 Å². The van der Waals surface area contributed by atoms with Gasteiger partial charge in [-0.2, -0.15) is 10.2 Å². The number of nitrogen functional groups attached to an aromatic ring is 4. The molecule has 0 atom stereocenters. The van der Waals surface area contributed by atoms with E-state index in [4.69, 9.17) is 39.4 Å². The summed E-state index contributed by atoms with van der Waals surface area (Å²) < 4.78 is 19.4. The van der Waals surface area contributed by atoms with E-state index in [1.54, 1.807) is 16.9 Å². The predicted molar refractivity (Wildman–Crippen MR) is 466 cm³/mol. The summed E-state index contributed by atoms with van der Waals surface area (Å²) in [5.74, 6) is 2.76. The molecule has 1 aliphatic carbocycles. The zero-order valence-corrected chi connectivity index (χ0v) is 69.0. The van der Waals surface area contributed by atoms with Gasteiger partial charge >= 0.3 is 0 Å². The molecule has 13 aromatic heterocycles. The zero-order valence-electron chi connectivity index (χ0n) is 68.3. The van der Waals surface area contributed by atoms with Crippen molar-refractivity contribution in [3.63, 3.8) is 0 Å². The molecule has 0 unspecified atom stereocenters. The van der Waals surface area contributed by atoms with E-state index in [0.29, 0.717) is 63.4 Å². The number of halogens is 1. The molecule has 16 aromatic rings. The molecule has 32 heteroatoms. The van der Waals surface area contributed by atoms with E-state index in [9.17, 15) is 14.4 Å². The number of anilines is 5. The Morgan fingerprint density at radius 1 is 0.521 bits per heavy atom. The molecule has 31 nitrogen and oxygen atoms in total. The summed E-state index contributed by atoms with van der Waals surface area (Å²) in [6.07, 6.45) is 15.7. The summed E-state index contributed by atoms with van der Waals surface area (Å²) in [5.41, 5.74) is 50.1. The van der Waals surface area contributed by atoms with Gasteiger partial charge in [-0.15, -0.1) is 0 Å². The van der Waals surface area contributed by atoms with Crippen molar-refractivity contribution < 1.29 is 19.2 Å². The van der Waals surface area contributed by atoms with Crippen molar-refractivity contribution in [2.45, 2.75) is 170 Å². The molecular weight excluding hydrogens is 1520 g/mol. The first-order valence-corrected chi connectivity index (χ1v) is 40.8. The van der Waals surface area contributed by atoms with Crippen LogP contribution in [0.2, 0.25) is 5.02 Å². The van der Waals surface area contributed by atoms with Crippen molar-refractivity contribution in [3.05, 3.63) is 167 Å². The van der Waals surface area contributed by atoms with Gasteiger partial charge in [0.1, 0.15) is 77.0 Å². The minimum Gasteiger partial charge on any atom is -0.383 e. The molecule has 1 fully saturated rings. The van der Waals surface area contributed by atoms with E-state index in [2.05, 4.69) is 178 Å². The van der Waals surface area contributed by atoms with E-state index >= 15 is 0 Å². The minimum absolute atomic E-state index is 0.0237. The number of carbonyl (C=O) groups excluding carboxylic acids is 3. The van der Waals surface area contributed by atoms with Gasteiger partial charge in [0.25, 0.3) is 17.7 Å². The Labute approximate surface area is 688 Å². The number of fused-ring (bicyclic) bond motifs is 26. The van der Waals surface area contributed by atoms with Gasteiger partial charge in [-0.1, -0.05) is 36.4 Å². The summed E-state index contributed by atoms with van der Waals surface area (Å²) in [7, 11) is 3.25. The number of hydrogen-bond acceptors (Lipinski definition) is 19. The summed E-state index contributed by atoms with van der Waals surface area (Å²) in [6, 6.07) is 26.8. The normalized spacial score (nSPS) is 14.1. The summed E-state index contributed by atoms with van der Waals surface area (Å²) in [4.78, 5) is 78.0. The van der Waals surface area contributed by atoms with E-state index in [-0.39, 0.29) is 41.9 Å². The van der Waals surface area contributed by atoms with Crippen molar-refractivity contribution >= 4 is 141 Å². The number of carbonyl (C=O) groups is 3. The van der Waals surface area contributed by atoms with Gasteiger partial charge in [0.2, 0.25) is 0 Å². The molecule has 0 spiro atoms. The first kappa shape index (κ1) is 76.8. The number of hydrogen-bond donors (Lipinski definition) is 8. The first-order chi connectivity index (χ1) is 57.4. The fourth-order valence-electron chi connectivity index (χ4n) is 18.3. The number of rotatable bonds is 10. The second kappa shape index (κ2) is 29.9.